The molecule has 0 aliphatic rings. The zero-order valence-electron chi connectivity index (χ0n) is 15.3. The number of alkyl carbamates (subject to hydrolysis) is 1. The van der Waals surface area contributed by atoms with Crippen molar-refractivity contribution in [3.63, 3.8) is 0 Å². The molecule has 0 aliphatic carbocycles. The summed E-state index contributed by atoms with van der Waals surface area (Å²) in [6, 6.07) is 18.8. The number of H-pyrrole nitrogens is 1. The molecule has 7 heteroatoms. The Hall–Kier alpha value is -3.16. The quantitative estimate of drug-likeness (QED) is 0.480. The predicted octanol–water partition coefficient (Wildman–Crippen LogP) is 2.79. The second-order valence-electron chi connectivity index (χ2n) is 6.36. The van der Waals surface area contributed by atoms with Gasteiger partial charge >= 0.3 is 6.09 Å². The van der Waals surface area contributed by atoms with E-state index in [0.29, 0.717) is 11.3 Å². The van der Waals surface area contributed by atoms with Crippen molar-refractivity contribution in [1.82, 2.24) is 15.5 Å². The third kappa shape index (κ3) is 5.18. The number of hydrogen-bond donors (Lipinski definition) is 4. The molecule has 1 aromatic heterocycles. The Kier molecular flexibility index (Phi) is 6.78. The van der Waals surface area contributed by atoms with Crippen LogP contribution in [0.2, 0.25) is 0 Å². The minimum atomic E-state index is -1.13. The van der Waals surface area contributed by atoms with Crippen LogP contribution in [0.1, 0.15) is 23.7 Å². The molecular formula is C21H23N3O4. The molecule has 3 aromatic rings. The van der Waals surface area contributed by atoms with Gasteiger partial charge in [0.25, 0.3) is 0 Å². The van der Waals surface area contributed by atoms with Gasteiger partial charge in [0, 0.05) is 12.1 Å². The van der Waals surface area contributed by atoms with Crippen molar-refractivity contribution in [3.8, 4) is 11.3 Å². The number of aromatic nitrogens is 2. The standard InChI is InChI=1S/C21H23N3O4/c25-18(11-12-22-21(27)28-14-15-7-3-1-4-8-15)20(26)17-13-23-24-19(17)16-9-5-2-6-10-16/h1-10,13,18,20,25-26H,11-12,14H2,(H,22,27)(H,23,24). The van der Waals surface area contributed by atoms with Crippen LogP contribution in [0.3, 0.4) is 0 Å². The van der Waals surface area contributed by atoms with Gasteiger partial charge in [-0.15, -0.1) is 0 Å². The maximum Gasteiger partial charge on any atom is 0.407 e. The van der Waals surface area contributed by atoms with Crippen molar-refractivity contribution in [2.24, 2.45) is 0 Å². The lowest BCUT2D eigenvalue weighted by Crippen LogP contribution is -2.29. The number of hydrogen-bond acceptors (Lipinski definition) is 5. The van der Waals surface area contributed by atoms with Gasteiger partial charge in [0.1, 0.15) is 12.7 Å². The van der Waals surface area contributed by atoms with Crippen LogP contribution in [0.25, 0.3) is 11.3 Å². The number of rotatable bonds is 8. The molecule has 0 spiro atoms. The van der Waals surface area contributed by atoms with Crippen LogP contribution >= 0.6 is 0 Å². The highest BCUT2D eigenvalue weighted by atomic mass is 16.5. The number of carbonyl (C=O) groups is 1. The van der Waals surface area contributed by atoms with E-state index in [2.05, 4.69) is 15.5 Å². The molecule has 2 unspecified atom stereocenters. The van der Waals surface area contributed by atoms with Crippen molar-refractivity contribution < 1.29 is 19.7 Å². The maximum atomic E-state index is 11.7. The molecule has 0 aliphatic heterocycles. The van der Waals surface area contributed by atoms with Gasteiger partial charge in [-0.2, -0.15) is 5.10 Å². The molecule has 0 radical (unpaired) electrons. The highest BCUT2D eigenvalue weighted by Crippen LogP contribution is 2.28. The summed E-state index contributed by atoms with van der Waals surface area (Å²) in [5.74, 6) is 0. The summed E-state index contributed by atoms with van der Waals surface area (Å²) in [4.78, 5) is 11.7. The zero-order chi connectivity index (χ0) is 19.8. The van der Waals surface area contributed by atoms with Gasteiger partial charge in [0.2, 0.25) is 0 Å². The van der Waals surface area contributed by atoms with Gasteiger partial charge in [-0.25, -0.2) is 4.79 Å². The Balaban J connectivity index is 1.47. The first kappa shape index (κ1) is 19.6. The molecule has 0 saturated heterocycles. The number of benzene rings is 2. The molecule has 0 saturated carbocycles. The second-order valence-corrected chi connectivity index (χ2v) is 6.36. The molecule has 0 bridgehead atoms. The monoisotopic (exact) mass is 381 g/mol. The van der Waals surface area contributed by atoms with E-state index in [4.69, 9.17) is 4.74 Å². The Morgan fingerprint density at radius 2 is 1.75 bits per heavy atom. The number of ether oxygens (including phenoxy) is 1. The molecule has 1 amide bonds. The molecular weight excluding hydrogens is 358 g/mol. The summed E-state index contributed by atoms with van der Waals surface area (Å²) in [5.41, 5.74) is 2.91. The molecule has 7 nitrogen and oxygen atoms in total. The molecule has 0 fully saturated rings. The first-order chi connectivity index (χ1) is 13.6. The van der Waals surface area contributed by atoms with Crippen molar-refractivity contribution in [3.05, 3.63) is 78.0 Å². The summed E-state index contributed by atoms with van der Waals surface area (Å²) in [7, 11) is 0. The SMILES string of the molecule is O=C(NCCC(O)C(O)c1cn[nH]c1-c1ccccc1)OCc1ccccc1. The fourth-order valence-corrected chi connectivity index (χ4v) is 2.82. The van der Waals surface area contributed by atoms with E-state index in [9.17, 15) is 15.0 Å². The van der Waals surface area contributed by atoms with Crippen LogP contribution in [0.4, 0.5) is 4.79 Å². The number of aromatic amines is 1. The molecule has 146 valence electrons. The van der Waals surface area contributed by atoms with E-state index in [1.807, 2.05) is 60.7 Å². The third-order valence-electron chi connectivity index (χ3n) is 4.34. The first-order valence-corrected chi connectivity index (χ1v) is 9.04. The normalized spacial score (nSPS) is 12.9. The van der Waals surface area contributed by atoms with Crippen molar-refractivity contribution in [1.29, 1.82) is 0 Å². The summed E-state index contributed by atoms with van der Waals surface area (Å²) in [6.45, 7) is 0.345. The Morgan fingerprint density at radius 3 is 2.46 bits per heavy atom. The summed E-state index contributed by atoms with van der Waals surface area (Å²) in [5, 5.41) is 30.2. The van der Waals surface area contributed by atoms with E-state index in [1.165, 1.54) is 6.20 Å². The number of carbonyl (C=O) groups excluding carboxylic acids is 1. The first-order valence-electron chi connectivity index (χ1n) is 9.04. The Bertz CT molecular complexity index is 868. The number of nitrogens with one attached hydrogen (secondary N) is 2. The number of nitrogens with zero attached hydrogens (tertiary/aromatic N) is 1. The lowest BCUT2D eigenvalue weighted by atomic mass is 9.99. The predicted molar refractivity (Wildman–Crippen MR) is 104 cm³/mol. The van der Waals surface area contributed by atoms with E-state index in [0.717, 1.165) is 11.1 Å². The van der Waals surface area contributed by atoms with E-state index in [-0.39, 0.29) is 19.6 Å². The second kappa shape index (κ2) is 9.68. The molecule has 28 heavy (non-hydrogen) atoms. The fourth-order valence-electron chi connectivity index (χ4n) is 2.82. The molecule has 2 aromatic carbocycles. The smallest absolute Gasteiger partial charge is 0.407 e. The van der Waals surface area contributed by atoms with Crippen molar-refractivity contribution in [2.45, 2.75) is 25.2 Å². The van der Waals surface area contributed by atoms with Crippen molar-refractivity contribution >= 4 is 6.09 Å². The van der Waals surface area contributed by atoms with Gasteiger partial charge in [-0.1, -0.05) is 60.7 Å². The van der Waals surface area contributed by atoms with Crippen LogP contribution in [0.5, 0.6) is 0 Å². The average molecular weight is 381 g/mol. The van der Waals surface area contributed by atoms with E-state index < -0.39 is 18.3 Å². The van der Waals surface area contributed by atoms with Gasteiger partial charge in [-0.3, -0.25) is 5.10 Å². The van der Waals surface area contributed by atoms with Gasteiger partial charge in [0.15, 0.2) is 0 Å². The fraction of sp³-hybridized carbons (Fsp3) is 0.238. The number of aliphatic hydroxyl groups is 2. The summed E-state index contributed by atoms with van der Waals surface area (Å²) in [6.07, 6.45) is -1.09. The third-order valence-corrected chi connectivity index (χ3v) is 4.34. The van der Waals surface area contributed by atoms with Gasteiger partial charge in [-0.05, 0) is 17.5 Å². The number of amides is 1. The average Bonchev–Trinajstić information content (AvgIpc) is 3.23. The molecule has 3 rings (SSSR count). The highest BCUT2D eigenvalue weighted by molar-refractivity contribution is 5.67. The highest BCUT2D eigenvalue weighted by Gasteiger charge is 2.23. The zero-order valence-corrected chi connectivity index (χ0v) is 15.3. The topological polar surface area (TPSA) is 107 Å². The van der Waals surface area contributed by atoms with Crippen molar-refractivity contribution in [2.75, 3.05) is 6.54 Å². The summed E-state index contributed by atoms with van der Waals surface area (Å²) >= 11 is 0. The Labute approximate surface area is 163 Å². The lowest BCUT2D eigenvalue weighted by Gasteiger charge is -2.18. The van der Waals surface area contributed by atoms with Crippen LogP contribution in [-0.2, 0) is 11.3 Å². The van der Waals surface area contributed by atoms with Crippen LogP contribution in [-0.4, -0.2) is 39.2 Å². The Morgan fingerprint density at radius 1 is 1.07 bits per heavy atom. The van der Waals surface area contributed by atoms with Gasteiger partial charge < -0.3 is 20.3 Å². The van der Waals surface area contributed by atoms with Crippen LogP contribution < -0.4 is 5.32 Å². The van der Waals surface area contributed by atoms with E-state index in [1.54, 1.807) is 0 Å². The van der Waals surface area contributed by atoms with Gasteiger partial charge in [0.05, 0.1) is 18.0 Å². The summed E-state index contributed by atoms with van der Waals surface area (Å²) < 4.78 is 5.11. The van der Waals surface area contributed by atoms with Crippen LogP contribution in [0.15, 0.2) is 66.9 Å². The minimum Gasteiger partial charge on any atom is -0.445 e. The number of aliphatic hydroxyl groups excluding tert-OH is 2. The maximum absolute atomic E-state index is 11.7. The molecule has 1 heterocycles. The largest absolute Gasteiger partial charge is 0.445 e. The van der Waals surface area contributed by atoms with Crippen LogP contribution in [0, 0.1) is 0 Å². The molecule has 2 atom stereocenters. The molecule has 4 N–H and O–H groups in total. The lowest BCUT2D eigenvalue weighted by molar-refractivity contribution is 0.0139. The van der Waals surface area contributed by atoms with E-state index >= 15 is 0 Å². The minimum absolute atomic E-state index is 0.168.